The second kappa shape index (κ2) is 9.44. The number of unbranched alkanes of at least 4 members (excludes halogenated alkanes) is 1. The van der Waals surface area contributed by atoms with Crippen LogP contribution in [-0.4, -0.2) is 37.6 Å². The molecule has 3 heteroatoms. The van der Waals surface area contributed by atoms with Crippen molar-refractivity contribution >= 4 is 0 Å². The van der Waals surface area contributed by atoms with Crippen LogP contribution >= 0.6 is 0 Å². The van der Waals surface area contributed by atoms with Gasteiger partial charge in [-0.25, -0.2) is 0 Å². The molecule has 0 aliphatic heterocycles. The van der Waals surface area contributed by atoms with Gasteiger partial charge in [0.25, 0.3) is 0 Å². The summed E-state index contributed by atoms with van der Waals surface area (Å²) in [5, 5.41) is 9.41. The second-order valence-electron chi connectivity index (χ2n) is 4.01. The standard InChI is InChI=1S/C11H24O3/c1-4-5-6-13-8-11(12)9-14-7-10(2)3/h10-12H,4-9H2,1-3H3/t11-/m0/s1. The van der Waals surface area contributed by atoms with E-state index in [2.05, 4.69) is 20.8 Å². The molecule has 0 unspecified atom stereocenters. The van der Waals surface area contributed by atoms with Gasteiger partial charge in [-0.15, -0.1) is 0 Å². The molecule has 0 aromatic rings. The van der Waals surface area contributed by atoms with E-state index >= 15 is 0 Å². The van der Waals surface area contributed by atoms with Crippen molar-refractivity contribution in [1.29, 1.82) is 0 Å². The predicted octanol–water partition coefficient (Wildman–Crippen LogP) is 1.84. The minimum atomic E-state index is -0.481. The number of ether oxygens (including phenoxy) is 2. The van der Waals surface area contributed by atoms with E-state index in [0.717, 1.165) is 19.4 Å². The third kappa shape index (κ3) is 9.96. The summed E-state index contributed by atoms with van der Waals surface area (Å²) in [5.41, 5.74) is 0. The molecule has 86 valence electrons. The van der Waals surface area contributed by atoms with Gasteiger partial charge in [0, 0.05) is 13.2 Å². The van der Waals surface area contributed by atoms with Gasteiger partial charge in [0.2, 0.25) is 0 Å². The van der Waals surface area contributed by atoms with Gasteiger partial charge in [0.1, 0.15) is 6.10 Å². The average Bonchev–Trinajstić information content (AvgIpc) is 2.12. The Labute approximate surface area is 87.4 Å². The van der Waals surface area contributed by atoms with Crippen LogP contribution in [-0.2, 0) is 9.47 Å². The second-order valence-corrected chi connectivity index (χ2v) is 4.01. The van der Waals surface area contributed by atoms with E-state index in [1.165, 1.54) is 0 Å². The molecule has 0 spiro atoms. The zero-order valence-corrected chi connectivity index (χ0v) is 9.66. The topological polar surface area (TPSA) is 38.7 Å². The normalized spacial score (nSPS) is 13.5. The van der Waals surface area contributed by atoms with Crippen LogP contribution in [0.5, 0.6) is 0 Å². The molecule has 0 aromatic carbocycles. The Kier molecular flexibility index (Phi) is 9.35. The molecule has 0 saturated heterocycles. The highest BCUT2D eigenvalue weighted by Crippen LogP contribution is 1.95. The van der Waals surface area contributed by atoms with Crippen LogP contribution < -0.4 is 0 Å². The molecule has 0 radical (unpaired) electrons. The van der Waals surface area contributed by atoms with E-state index < -0.39 is 6.10 Å². The highest BCUT2D eigenvalue weighted by Gasteiger charge is 2.04. The molecule has 1 atom stereocenters. The third-order valence-corrected chi connectivity index (χ3v) is 1.71. The number of hydrogen-bond acceptors (Lipinski definition) is 3. The van der Waals surface area contributed by atoms with Crippen LogP contribution in [0.1, 0.15) is 33.6 Å². The summed E-state index contributed by atoms with van der Waals surface area (Å²) >= 11 is 0. The summed E-state index contributed by atoms with van der Waals surface area (Å²) in [4.78, 5) is 0. The zero-order chi connectivity index (χ0) is 10.8. The molecule has 0 bridgehead atoms. The fraction of sp³-hybridized carbons (Fsp3) is 1.00. The molecule has 0 saturated carbocycles. The Morgan fingerprint density at radius 3 is 2.29 bits per heavy atom. The molecule has 0 rings (SSSR count). The first-order valence-electron chi connectivity index (χ1n) is 5.50. The smallest absolute Gasteiger partial charge is 0.101 e. The molecular formula is C11H24O3. The lowest BCUT2D eigenvalue weighted by Gasteiger charge is -2.12. The lowest BCUT2D eigenvalue weighted by molar-refractivity contribution is -0.0243. The first kappa shape index (κ1) is 13.9. The lowest BCUT2D eigenvalue weighted by atomic mass is 10.2. The van der Waals surface area contributed by atoms with Crippen LogP contribution in [0.4, 0.5) is 0 Å². The van der Waals surface area contributed by atoms with Gasteiger partial charge < -0.3 is 14.6 Å². The molecule has 0 amide bonds. The van der Waals surface area contributed by atoms with Crippen molar-refractivity contribution < 1.29 is 14.6 Å². The monoisotopic (exact) mass is 204 g/mol. The third-order valence-electron chi connectivity index (χ3n) is 1.71. The molecule has 0 aromatic heterocycles. The Balaban J connectivity index is 3.15. The number of hydrogen-bond donors (Lipinski definition) is 1. The Hall–Kier alpha value is -0.120. The Morgan fingerprint density at radius 2 is 1.71 bits per heavy atom. The minimum absolute atomic E-state index is 0.379. The van der Waals surface area contributed by atoms with Crippen molar-refractivity contribution in [1.82, 2.24) is 0 Å². The van der Waals surface area contributed by atoms with Crippen molar-refractivity contribution in [3.05, 3.63) is 0 Å². The average molecular weight is 204 g/mol. The Morgan fingerprint density at radius 1 is 1.07 bits per heavy atom. The summed E-state index contributed by atoms with van der Waals surface area (Å²) < 4.78 is 10.5. The van der Waals surface area contributed by atoms with Crippen molar-refractivity contribution in [2.75, 3.05) is 26.4 Å². The molecule has 0 aliphatic carbocycles. The van der Waals surface area contributed by atoms with E-state index in [1.807, 2.05) is 0 Å². The number of aliphatic hydroxyl groups excluding tert-OH is 1. The summed E-state index contributed by atoms with van der Waals surface area (Å²) in [5.74, 6) is 0.517. The van der Waals surface area contributed by atoms with E-state index in [1.54, 1.807) is 0 Å². The maximum atomic E-state index is 9.41. The first-order chi connectivity index (χ1) is 6.66. The predicted molar refractivity (Wildman–Crippen MR) is 57.4 cm³/mol. The van der Waals surface area contributed by atoms with Crippen LogP contribution in [0.25, 0.3) is 0 Å². The summed E-state index contributed by atoms with van der Waals surface area (Å²) in [6.07, 6.45) is 1.70. The number of rotatable bonds is 9. The van der Waals surface area contributed by atoms with Crippen LogP contribution in [0, 0.1) is 5.92 Å². The van der Waals surface area contributed by atoms with Crippen LogP contribution in [0.2, 0.25) is 0 Å². The fourth-order valence-electron chi connectivity index (χ4n) is 0.954. The fourth-order valence-corrected chi connectivity index (χ4v) is 0.954. The van der Waals surface area contributed by atoms with Crippen molar-refractivity contribution in [2.45, 2.75) is 39.7 Å². The van der Waals surface area contributed by atoms with Crippen molar-refractivity contribution in [2.24, 2.45) is 5.92 Å². The van der Waals surface area contributed by atoms with E-state index in [9.17, 15) is 5.11 Å². The van der Waals surface area contributed by atoms with Gasteiger partial charge in [-0.3, -0.25) is 0 Å². The minimum Gasteiger partial charge on any atom is -0.388 e. The summed E-state index contributed by atoms with van der Waals surface area (Å²) in [7, 11) is 0. The maximum Gasteiger partial charge on any atom is 0.101 e. The van der Waals surface area contributed by atoms with Gasteiger partial charge in [-0.1, -0.05) is 27.2 Å². The molecule has 14 heavy (non-hydrogen) atoms. The van der Waals surface area contributed by atoms with Crippen LogP contribution in [0.3, 0.4) is 0 Å². The van der Waals surface area contributed by atoms with Gasteiger partial charge in [-0.2, -0.15) is 0 Å². The van der Waals surface area contributed by atoms with E-state index in [0.29, 0.717) is 25.7 Å². The molecule has 3 nitrogen and oxygen atoms in total. The van der Waals surface area contributed by atoms with Gasteiger partial charge in [-0.05, 0) is 12.3 Å². The quantitative estimate of drug-likeness (QED) is 0.582. The highest BCUT2D eigenvalue weighted by atomic mass is 16.5. The zero-order valence-electron chi connectivity index (χ0n) is 9.66. The SMILES string of the molecule is CCCCOC[C@H](O)COCC(C)C. The molecular weight excluding hydrogens is 180 g/mol. The Bertz CT molecular complexity index is 115. The summed E-state index contributed by atoms with van der Waals surface area (Å²) in [6, 6.07) is 0. The lowest BCUT2D eigenvalue weighted by Crippen LogP contribution is -2.23. The molecule has 0 fully saturated rings. The van der Waals surface area contributed by atoms with Gasteiger partial charge >= 0.3 is 0 Å². The number of aliphatic hydroxyl groups is 1. The molecule has 0 aliphatic rings. The van der Waals surface area contributed by atoms with E-state index in [-0.39, 0.29) is 0 Å². The first-order valence-corrected chi connectivity index (χ1v) is 5.50. The van der Waals surface area contributed by atoms with Crippen molar-refractivity contribution in [3.63, 3.8) is 0 Å². The highest BCUT2D eigenvalue weighted by molar-refractivity contribution is 4.52. The molecule has 0 heterocycles. The van der Waals surface area contributed by atoms with Crippen molar-refractivity contribution in [3.8, 4) is 0 Å². The van der Waals surface area contributed by atoms with E-state index in [4.69, 9.17) is 9.47 Å². The maximum absolute atomic E-state index is 9.41. The van der Waals surface area contributed by atoms with Gasteiger partial charge in [0.05, 0.1) is 13.2 Å². The van der Waals surface area contributed by atoms with Crippen LogP contribution in [0.15, 0.2) is 0 Å². The van der Waals surface area contributed by atoms with Gasteiger partial charge in [0.15, 0.2) is 0 Å². The largest absolute Gasteiger partial charge is 0.388 e. The summed E-state index contributed by atoms with van der Waals surface area (Å²) in [6.45, 7) is 8.49. The molecule has 1 N–H and O–H groups in total.